The third-order valence-electron chi connectivity index (χ3n) is 3.74. The second kappa shape index (κ2) is 9.41. The molecular weight excluding hydrogens is 334 g/mol. The largest absolute Gasteiger partial charge is 0.459 e. The van der Waals surface area contributed by atoms with E-state index in [1.165, 1.54) is 11.2 Å². The van der Waals surface area contributed by atoms with E-state index < -0.39 is 0 Å². The lowest BCUT2D eigenvalue weighted by molar-refractivity contribution is -0.133. The number of aryl methyl sites for hydroxylation is 1. The number of carbonyl (C=O) groups is 3. The fourth-order valence-electron chi connectivity index (χ4n) is 2.27. The first-order valence-electron chi connectivity index (χ1n) is 8.38. The Labute approximate surface area is 152 Å². The Morgan fingerprint density at radius 2 is 1.85 bits per heavy atom. The summed E-state index contributed by atoms with van der Waals surface area (Å²) in [5.41, 5.74) is 1.80. The van der Waals surface area contributed by atoms with E-state index in [2.05, 4.69) is 10.6 Å². The summed E-state index contributed by atoms with van der Waals surface area (Å²) >= 11 is 0. The highest BCUT2D eigenvalue weighted by Gasteiger charge is 2.13. The molecule has 2 rings (SSSR count). The summed E-state index contributed by atoms with van der Waals surface area (Å²) in [6, 6.07) is 10.6. The summed E-state index contributed by atoms with van der Waals surface area (Å²) in [4.78, 5) is 37.1. The van der Waals surface area contributed by atoms with Crippen molar-refractivity contribution in [1.82, 2.24) is 10.2 Å². The molecule has 1 aromatic carbocycles. The van der Waals surface area contributed by atoms with Crippen molar-refractivity contribution in [3.8, 4) is 0 Å². The summed E-state index contributed by atoms with van der Waals surface area (Å²) in [6.07, 6.45) is 2.15. The van der Waals surface area contributed by atoms with Crippen molar-refractivity contribution in [2.45, 2.75) is 19.8 Å². The molecule has 26 heavy (non-hydrogen) atoms. The Balaban J connectivity index is 1.65. The van der Waals surface area contributed by atoms with Crippen molar-refractivity contribution < 1.29 is 18.8 Å². The van der Waals surface area contributed by atoms with E-state index in [0.29, 0.717) is 18.7 Å². The van der Waals surface area contributed by atoms with E-state index in [1.807, 2.05) is 31.2 Å². The van der Waals surface area contributed by atoms with Crippen LogP contribution in [0.4, 0.5) is 5.69 Å². The van der Waals surface area contributed by atoms with E-state index in [0.717, 1.165) is 5.56 Å². The Morgan fingerprint density at radius 3 is 2.50 bits per heavy atom. The van der Waals surface area contributed by atoms with Gasteiger partial charge in [-0.15, -0.1) is 0 Å². The van der Waals surface area contributed by atoms with Gasteiger partial charge in [0.2, 0.25) is 11.8 Å². The van der Waals surface area contributed by atoms with Crippen molar-refractivity contribution in [1.29, 1.82) is 0 Å². The molecule has 0 aliphatic carbocycles. The van der Waals surface area contributed by atoms with Crippen molar-refractivity contribution >= 4 is 23.4 Å². The second-order valence-electron chi connectivity index (χ2n) is 6.00. The highest BCUT2D eigenvalue weighted by Crippen LogP contribution is 2.08. The van der Waals surface area contributed by atoms with Crippen LogP contribution < -0.4 is 10.6 Å². The minimum atomic E-state index is -0.312. The molecule has 0 fully saturated rings. The number of furan rings is 1. The summed E-state index contributed by atoms with van der Waals surface area (Å²) in [7, 11) is 1.58. The zero-order chi connectivity index (χ0) is 18.9. The molecule has 0 aliphatic rings. The number of nitrogens with zero attached hydrogens (tertiary/aromatic N) is 1. The average Bonchev–Trinajstić information content (AvgIpc) is 3.15. The molecule has 7 nitrogen and oxygen atoms in total. The summed E-state index contributed by atoms with van der Waals surface area (Å²) in [5, 5.41) is 5.43. The van der Waals surface area contributed by atoms with Crippen LogP contribution in [0.2, 0.25) is 0 Å². The van der Waals surface area contributed by atoms with Gasteiger partial charge in [0, 0.05) is 25.7 Å². The quantitative estimate of drug-likeness (QED) is 0.709. The fourth-order valence-corrected chi connectivity index (χ4v) is 2.27. The Morgan fingerprint density at radius 1 is 1.12 bits per heavy atom. The third-order valence-corrected chi connectivity index (χ3v) is 3.74. The number of hydrogen-bond donors (Lipinski definition) is 2. The molecule has 0 saturated carbocycles. The Bertz CT molecular complexity index is 739. The van der Waals surface area contributed by atoms with Gasteiger partial charge in [-0.2, -0.15) is 0 Å². The lowest BCUT2D eigenvalue weighted by Crippen LogP contribution is -2.35. The van der Waals surface area contributed by atoms with Crippen LogP contribution in [0.15, 0.2) is 47.1 Å². The molecule has 2 aromatic rings. The molecule has 0 unspecified atom stereocenters. The molecule has 0 atom stereocenters. The average molecular weight is 357 g/mol. The monoisotopic (exact) mass is 357 g/mol. The third kappa shape index (κ3) is 6.08. The fraction of sp³-hybridized carbons (Fsp3) is 0.316. The van der Waals surface area contributed by atoms with Crippen LogP contribution in [-0.4, -0.2) is 42.8 Å². The molecular formula is C19H23N3O4. The van der Waals surface area contributed by atoms with Crippen LogP contribution in [0.5, 0.6) is 0 Å². The second-order valence-corrected chi connectivity index (χ2v) is 6.00. The number of carbonyl (C=O) groups excluding carboxylic acids is 3. The highest BCUT2D eigenvalue weighted by atomic mass is 16.3. The Hall–Kier alpha value is -3.09. The van der Waals surface area contributed by atoms with Crippen molar-refractivity contribution in [3.05, 3.63) is 54.0 Å². The maximum atomic E-state index is 12.1. The lowest BCUT2D eigenvalue weighted by Gasteiger charge is -2.17. The van der Waals surface area contributed by atoms with Gasteiger partial charge in [-0.1, -0.05) is 17.7 Å². The van der Waals surface area contributed by atoms with Crippen molar-refractivity contribution in [2.24, 2.45) is 0 Å². The summed E-state index contributed by atoms with van der Waals surface area (Å²) in [6.45, 7) is 2.30. The van der Waals surface area contributed by atoms with E-state index in [-0.39, 0.29) is 36.4 Å². The smallest absolute Gasteiger partial charge is 0.286 e. The molecule has 1 aromatic heterocycles. The SMILES string of the molecule is Cc1ccc(NC(=O)CN(C)C(=O)CCCNC(=O)c2ccco2)cc1. The highest BCUT2D eigenvalue weighted by molar-refractivity contribution is 5.94. The first-order chi connectivity index (χ1) is 12.5. The molecule has 1 heterocycles. The van der Waals surface area contributed by atoms with Gasteiger partial charge < -0.3 is 20.0 Å². The molecule has 0 spiro atoms. The van der Waals surface area contributed by atoms with E-state index in [9.17, 15) is 14.4 Å². The standard InChI is InChI=1S/C19H23N3O4/c1-14-7-9-15(10-8-14)21-17(23)13-22(2)18(24)6-3-11-20-19(25)16-5-4-12-26-16/h4-5,7-10,12H,3,6,11,13H2,1-2H3,(H,20,25)(H,21,23). The molecule has 0 bridgehead atoms. The van der Waals surface area contributed by atoms with E-state index in [1.54, 1.807) is 19.2 Å². The number of hydrogen-bond acceptors (Lipinski definition) is 4. The molecule has 7 heteroatoms. The Kier molecular flexibility index (Phi) is 6.96. The van der Waals surface area contributed by atoms with Gasteiger partial charge in [0.1, 0.15) is 0 Å². The van der Waals surface area contributed by atoms with Crippen molar-refractivity contribution in [3.63, 3.8) is 0 Å². The minimum absolute atomic E-state index is 0.0224. The normalized spacial score (nSPS) is 10.2. The predicted octanol–water partition coefficient (Wildman–Crippen LogP) is 2.20. The summed E-state index contributed by atoms with van der Waals surface area (Å²) < 4.78 is 4.98. The topological polar surface area (TPSA) is 91.7 Å². The van der Waals surface area contributed by atoms with Gasteiger partial charge in [-0.3, -0.25) is 14.4 Å². The molecule has 0 saturated heterocycles. The number of likely N-dealkylation sites (N-methyl/N-ethyl adjacent to an activating group) is 1. The van der Waals surface area contributed by atoms with Crippen molar-refractivity contribution in [2.75, 3.05) is 25.5 Å². The maximum absolute atomic E-state index is 12.1. The first-order valence-corrected chi connectivity index (χ1v) is 8.38. The number of anilines is 1. The van der Waals surface area contributed by atoms with Gasteiger partial charge in [0.25, 0.3) is 5.91 Å². The van der Waals surface area contributed by atoms with Gasteiger partial charge in [0.15, 0.2) is 5.76 Å². The molecule has 138 valence electrons. The van der Waals surface area contributed by atoms with Gasteiger partial charge in [-0.25, -0.2) is 0 Å². The van der Waals surface area contributed by atoms with Crippen LogP contribution in [0.25, 0.3) is 0 Å². The van der Waals surface area contributed by atoms with Crippen LogP contribution in [0, 0.1) is 6.92 Å². The molecule has 3 amide bonds. The van der Waals surface area contributed by atoms with Crippen LogP contribution in [0.3, 0.4) is 0 Å². The van der Waals surface area contributed by atoms with E-state index in [4.69, 9.17) is 4.42 Å². The zero-order valence-corrected chi connectivity index (χ0v) is 15.0. The van der Waals surface area contributed by atoms with Gasteiger partial charge in [-0.05, 0) is 37.6 Å². The van der Waals surface area contributed by atoms with E-state index >= 15 is 0 Å². The first kappa shape index (κ1) is 19.2. The summed E-state index contributed by atoms with van der Waals surface area (Å²) in [5.74, 6) is -0.485. The number of amides is 3. The molecule has 0 radical (unpaired) electrons. The zero-order valence-electron chi connectivity index (χ0n) is 15.0. The predicted molar refractivity (Wildman–Crippen MR) is 97.7 cm³/mol. The van der Waals surface area contributed by atoms with Gasteiger partial charge >= 0.3 is 0 Å². The molecule has 2 N–H and O–H groups in total. The van der Waals surface area contributed by atoms with Gasteiger partial charge in [0.05, 0.1) is 12.8 Å². The van der Waals surface area contributed by atoms with Crippen LogP contribution in [-0.2, 0) is 9.59 Å². The maximum Gasteiger partial charge on any atom is 0.286 e. The van der Waals surface area contributed by atoms with Crippen LogP contribution in [0.1, 0.15) is 29.0 Å². The number of benzene rings is 1. The number of nitrogens with one attached hydrogen (secondary N) is 2. The lowest BCUT2D eigenvalue weighted by atomic mass is 10.2. The number of rotatable bonds is 8. The van der Waals surface area contributed by atoms with Crippen LogP contribution >= 0.6 is 0 Å². The molecule has 0 aliphatic heterocycles. The minimum Gasteiger partial charge on any atom is -0.459 e.